The monoisotopic (exact) mass is 355 g/mol. The summed E-state index contributed by atoms with van der Waals surface area (Å²) in [7, 11) is 0. The number of rotatable bonds is 7. The molecule has 9 heteroatoms. The van der Waals surface area contributed by atoms with Crippen molar-refractivity contribution >= 4 is 23.2 Å². The molecule has 0 aliphatic rings. The van der Waals surface area contributed by atoms with Crippen molar-refractivity contribution in [1.29, 1.82) is 0 Å². The van der Waals surface area contributed by atoms with Crippen molar-refractivity contribution in [1.82, 2.24) is 15.6 Å². The largest absolute Gasteiger partial charge is 0.435 e. The summed E-state index contributed by atoms with van der Waals surface area (Å²) in [6.45, 7) is -1.06. The van der Waals surface area contributed by atoms with Crippen molar-refractivity contribution < 1.29 is 23.1 Å². The molecule has 0 saturated heterocycles. The third-order valence-electron chi connectivity index (χ3n) is 2.83. The van der Waals surface area contributed by atoms with Crippen molar-refractivity contribution in [3.63, 3.8) is 0 Å². The van der Waals surface area contributed by atoms with Crippen LogP contribution in [0.25, 0.3) is 0 Å². The zero-order valence-corrected chi connectivity index (χ0v) is 13.5. The van der Waals surface area contributed by atoms with Gasteiger partial charge < -0.3 is 15.4 Å². The van der Waals surface area contributed by atoms with Gasteiger partial charge in [0.1, 0.15) is 10.8 Å². The minimum atomic E-state index is -2.97. The highest BCUT2D eigenvalue weighted by molar-refractivity contribution is 7.09. The van der Waals surface area contributed by atoms with Gasteiger partial charge in [-0.1, -0.05) is 6.07 Å². The Balaban J connectivity index is 1.80. The van der Waals surface area contributed by atoms with E-state index in [4.69, 9.17) is 0 Å². The summed E-state index contributed by atoms with van der Waals surface area (Å²) in [6, 6.07) is 5.34. The Bertz CT molecular complexity index is 721. The third kappa shape index (κ3) is 5.58. The Hall–Kier alpha value is -2.55. The summed E-state index contributed by atoms with van der Waals surface area (Å²) in [4.78, 5) is 27.8. The van der Waals surface area contributed by atoms with E-state index in [1.165, 1.54) is 35.6 Å². The van der Waals surface area contributed by atoms with Gasteiger partial charge in [-0.05, 0) is 25.1 Å². The average Bonchev–Trinajstić information content (AvgIpc) is 2.95. The number of thiazole rings is 1. The normalized spacial score (nSPS) is 10.5. The maximum Gasteiger partial charge on any atom is 0.387 e. The fraction of sp³-hybridized carbons (Fsp3) is 0.267. The number of hydrogen-bond donors (Lipinski definition) is 2. The first-order valence-corrected chi connectivity index (χ1v) is 7.83. The second-order valence-corrected chi connectivity index (χ2v) is 5.69. The van der Waals surface area contributed by atoms with Crippen LogP contribution in [0.1, 0.15) is 21.1 Å². The molecular weight excluding hydrogens is 340 g/mol. The molecule has 0 unspecified atom stereocenters. The number of aromatic nitrogens is 1. The van der Waals surface area contributed by atoms with Crippen molar-refractivity contribution in [2.75, 3.05) is 6.54 Å². The molecule has 0 spiro atoms. The van der Waals surface area contributed by atoms with Gasteiger partial charge in [0.2, 0.25) is 5.91 Å². The molecule has 0 fully saturated rings. The fourth-order valence-corrected chi connectivity index (χ4v) is 2.51. The Morgan fingerprint density at radius 2 is 2.12 bits per heavy atom. The predicted octanol–water partition coefficient (Wildman–Crippen LogP) is 2.10. The summed E-state index contributed by atoms with van der Waals surface area (Å²) < 4.78 is 28.5. The van der Waals surface area contributed by atoms with Crippen LogP contribution in [0.2, 0.25) is 0 Å². The van der Waals surface area contributed by atoms with Crippen LogP contribution in [0.15, 0.2) is 29.6 Å². The minimum Gasteiger partial charge on any atom is -0.435 e. The van der Waals surface area contributed by atoms with E-state index in [1.54, 1.807) is 0 Å². The highest BCUT2D eigenvalue weighted by atomic mass is 32.1. The Labute approximate surface area is 140 Å². The number of ether oxygens (including phenoxy) is 1. The molecule has 1 heterocycles. The van der Waals surface area contributed by atoms with Crippen LogP contribution in [-0.4, -0.2) is 30.0 Å². The average molecular weight is 355 g/mol. The lowest BCUT2D eigenvalue weighted by Crippen LogP contribution is -2.36. The van der Waals surface area contributed by atoms with E-state index < -0.39 is 12.5 Å². The second-order valence-electron chi connectivity index (χ2n) is 4.75. The highest BCUT2D eigenvalue weighted by Gasteiger charge is 2.11. The van der Waals surface area contributed by atoms with Gasteiger partial charge in [0.25, 0.3) is 5.91 Å². The van der Waals surface area contributed by atoms with Crippen molar-refractivity contribution in [3.05, 3.63) is 45.9 Å². The Morgan fingerprint density at radius 1 is 1.33 bits per heavy atom. The number of carbonyl (C=O) groups excluding carboxylic acids is 2. The van der Waals surface area contributed by atoms with E-state index in [2.05, 4.69) is 20.4 Å². The van der Waals surface area contributed by atoms with Gasteiger partial charge in [0, 0.05) is 16.6 Å². The van der Waals surface area contributed by atoms with Crippen LogP contribution in [-0.2, 0) is 11.3 Å². The van der Waals surface area contributed by atoms with Gasteiger partial charge in [-0.15, -0.1) is 11.3 Å². The molecule has 0 aliphatic carbocycles. The number of aryl methyl sites for hydroxylation is 1. The summed E-state index contributed by atoms with van der Waals surface area (Å²) >= 11 is 1.43. The molecule has 0 bridgehead atoms. The highest BCUT2D eigenvalue weighted by Crippen LogP contribution is 2.15. The quantitative estimate of drug-likeness (QED) is 0.797. The van der Waals surface area contributed by atoms with Crippen LogP contribution in [0.3, 0.4) is 0 Å². The molecule has 1 aromatic carbocycles. The molecule has 0 saturated carbocycles. The van der Waals surface area contributed by atoms with Crippen LogP contribution in [0, 0.1) is 6.92 Å². The molecule has 128 valence electrons. The van der Waals surface area contributed by atoms with E-state index in [0.717, 1.165) is 10.7 Å². The van der Waals surface area contributed by atoms with E-state index in [-0.39, 0.29) is 30.3 Å². The molecule has 0 atom stereocenters. The zero-order valence-electron chi connectivity index (χ0n) is 12.7. The summed E-state index contributed by atoms with van der Waals surface area (Å²) in [5.41, 5.74) is 1.000. The molecule has 2 N–H and O–H groups in total. The molecule has 1 aromatic heterocycles. The van der Waals surface area contributed by atoms with Crippen LogP contribution in [0.4, 0.5) is 8.78 Å². The second kappa shape index (κ2) is 8.34. The van der Waals surface area contributed by atoms with Gasteiger partial charge in [-0.3, -0.25) is 9.59 Å². The molecule has 0 radical (unpaired) electrons. The fourth-order valence-electron chi connectivity index (χ4n) is 1.80. The SMILES string of the molecule is Cc1csc(CNC(=O)CNC(=O)c2cccc(OC(F)F)c2)n1. The zero-order chi connectivity index (χ0) is 17.5. The molecule has 2 aromatic rings. The number of halogens is 2. The predicted molar refractivity (Wildman–Crippen MR) is 84.1 cm³/mol. The molecular formula is C15H15F2N3O3S. The van der Waals surface area contributed by atoms with Crippen molar-refractivity contribution in [2.24, 2.45) is 0 Å². The summed E-state index contributed by atoms with van der Waals surface area (Å²) in [5, 5.41) is 7.68. The lowest BCUT2D eigenvalue weighted by Gasteiger charge is -2.08. The van der Waals surface area contributed by atoms with Gasteiger partial charge in [-0.2, -0.15) is 8.78 Å². The standard InChI is InChI=1S/C15H15F2N3O3S/c1-9-8-24-13(20-9)7-18-12(21)6-19-14(22)10-3-2-4-11(5-10)23-15(16)17/h2-5,8,15H,6-7H2,1H3,(H,18,21)(H,19,22). The topological polar surface area (TPSA) is 80.3 Å². The van der Waals surface area contributed by atoms with Gasteiger partial charge in [0.05, 0.1) is 13.1 Å². The van der Waals surface area contributed by atoms with Crippen molar-refractivity contribution in [3.8, 4) is 5.75 Å². The van der Waals surface area contributed by atoms with Gasteiger partial charge in [-0.25, -0.2) is 4.98 Å². The first kappa shape index (κ1) is 17.8. The van der Waals surface area contributed by atoms with E-state index in [9.17, 15) is 18.4 Å². The molecule has 0 aliphatic heterocycles. The summed E-state index contributed by atoms with van der Waals surface area (Å²) in [5.74, 6) is -1.06. The number of alkyl halides is 2. The van der Waals surface area contributed by atoms with Crippen LogP contribution < -0.4 is 15.4 Å². The van der Waals surface area contributed by atoms with Gasteiger partial charge in [0.15, 0.2) is 0 Å². The molecule has 2 rings (SSSR count). The smallest absolute Gasteiger partial charge is 0.387 e. The maximum atomic E-state index is 12.2. The van der Waals surface area contributed by atoms with Crippen molar-refractivity contribution in [2.45, 2.75) is 20.1 Å². The van der Waals surface area contributed by atoms with Crippen LogP contribution >= 0.6 is 11.3 Å². The van der Waals surface area contributed by atoms with Gasteiger partial charge >= 0.3 is 6.61 Å². The molecule has 24 heavy (non-hydrogen) atoms. The molecule has 2 amide bonds. The first-order valence-electron chi connectivity index (χ1n) is 6.95. The number of carbonyl (C=O) groups is 2. The number of nitrogens with zero attached hydrogens (tertiary/aromatic N) is 1. The molecule has 6 nitrogen and oxygen atoms in total. The number of benzene rings is 1. The van der Waals surface area contributed by atoms with Crippen LogP contribution in [0.5, 0.6) is 5.75 Å². The van der Waals surface area contributed by atoms with E-state index in [0.29, 0.717) is 0 Å². The Kier molecular flexibility index (Phi) is 6.19. The van der Waals surface area contributed by atoms with E-state index in [1.807, 2.05) is 12.3 Å². The third-order valence-corrected chi connectivity index (χ3v) is 3.80. The number of hydrogen-bond acceptors (Lipinski definition) is 5. The number of nitrogens with one attached hydrogen (secondary N) is 2. The first-order chi connectivity index (χ1) is 11.4. The number of amides is 2. The lowest BCUT2D eigenvalue weighted by molar-refractivity contribution is -0.120. The van der Waals surface area contributed by atoms with E-state index >= 15 is 0 Å². The lowest BCUT2D eigenvalue weighted by atomic mass is 10.2. The summed E-state index contributed by atoms with van der Waals surface area (Å²) in [6.07, 6.45) is 0. The Morgan fingerprint density at radius 3 is 2.79 bits per heavy atom. The maximum absolute atomic E-state index is 12.2. The minimum absolute atomic E-state index is 0.122.